The Kier molecular flexibility index (Phi) is 9.01. The highest BCUT2D eigenvalue weighted by atomic mass is 19.3. The van der Waals surface area contributed by atoms with Gasteiger partial charge in [0.1, 0.15) is 23.2 Å². The summed E-state index contributed by atoms with van der Waals surface area (Å²) >= 11 is 0. The van der Waals surface area contributed by atoms with Crippen LogP contribution in [-0.2, 0) is 12.5 Å². The predicted molar refractivity (Wildman–Crippen MR) is 138 cm³/mol. The van der Waals surface area contributed by atoms with E-state index in [0.29, 0.717) is 35.4 Å². The van der Waals surface area contributed by atoms with Crippen LogP contribution >= 0.6 is 0 Å². The fraction of sp³-hybridized carbons (Fsp3) is 0.188. The third kappa shape index (κ3) is 7.07. The molecular weight excluding hydrogens is 552 g/mol. The summed E-state index contributed by atoms with van der Waals surface area (Å²) in [5.74, 6) is -5.92. The van der Waals surface area contributed by atoms with E-state index in [1.165, 1.54) is 6.07 Å². The van der Waals surface area contributed by atoms with Gasteiger partial charge in [-0.15, -0.1) is 0 Å². The zero-order valence-corrected chi connectivity index (χ0v) is 21.6. The van der Waals surface area contributed by atoms with Crippen molar-refractivity contribution in [2.24, 2.45) is 0 Å². The molecule has 0 radical (unpaired) electrons. The molecule has 0 aliphatic rings. The molecule has 0 amide bonds. The highest BCUT2D eigenvalue weighted by molar-refractivity contribution is 5.64. The minimum Gasteiger partial charge on any atom is -0.429 e. The minimum absolute atomic E-state index is 0.350. The Hall–Kier alpha value is -4.32. The summed E-state index contributed by atoms with van der Waals surface area (Å²) in [5, 5.41) is 0. The summed E-state index contributed by atoms with van der Waals surface area (Å²) in [6, 6.07) is 12.2. The van der Waals surface area contributed by atoms with Gasteiger partial charge in [0.15, 0.2) is 17.5 Å². The second-order valence-electron chi connectivity index (χ2n) is 9.23. The summed E-state index contributed by atoms with van der Waals surface area (Å²) in [6.45, 7) is 2.10. The Morgan fingerprint density at radius 2 is 1.27 bits per heavy atom. The molecule has 0 bridgehead atoms. The Morgan fingerprint density at radius 1 is 0.659 bits per heavy atom. The number of alkyl halides is 2. The maximum Gasteiger partial charge on any atom is 0.429 e. The normalized spacial score (nSPS) is 11.2. The summed E-state index contributed by atoms with van der Waals surface area (Å²) in [6.07, 6.45) is -0.177. The second-order valence-corrected chi connectivity index (χ2v) is 9.23. The molecule has 212 valence electrons. The van der Waals surface area contributed by atoms with Gasteiger partial charge in [-0.05, 0) is 53.8 Å². The minimum atomic E-state index is -4.30. The summed E-state index contributed by atoms with van der Waals surface area (Å²) in [7, 11) is 0. The van der Waals surface area contributed by atoms with Crippen molar-refractivity contribution in [2.75, 3.05) is 0 Å². The molecule has 0 N–H and O–H groups in total. The van der Waals surface area contributed by atoms with Crippen LogP contribution in [0.3, 0.4) is 0 Å². The van der Waals surface area contributed by atoms with Crippen LogP contribution in [0.15, 0.2) is 66.7 Å². The lowest BCUT2D eigenvalue weighted by atomic mass is 10.00. The molecule has 0 aliphatic carbocycles. The van der Waals surface area contributed by atoms with Crippen LogP contribution in [0.25, 0.3) is 11.1 Å². The fourth-order valence-electron chi connectivity index (χ4n) is 4.07. The molecule has 0 saturated carbocycles. The standard InChI is InChI=1S/C32H22F8O/c1-2-3-4-5-19-6-9-21(10-7-19)22-11-13-25(28(35)16-22)32(39,40)41-23-17-26(33)24(27(34)18-23)12-8-20-14-29(36)31(38)30(37)15-20/h6-7,9-11,13-18H,2-5H2,1H3. The Labute approximate surface area is 231 Å². The van der Waals surface area contributed by atoms with E-state index in [2.05, 4.69) is 17.6 Å². The number of hydrogen-bond donors (Lipinski definition) is 0. The van der Waals surface area contributed by atoms with E-state index in [-0.39, 0.29) is 0 Å². The lowest BCUT2D eigenvalue weighted by Crippen LogP contribution is -2.23. The van der Waals surface area contributed by atoms with Crippen molar-refractivity contribution in [3.63, 3.8) is 0 Å². The van der Waals surface area contributed by atoms with Gasteiger partial charge >= 0.3 is 6.11 Å². The van der Waals surface area contributed by atoms with Crippen LogP contribution in [-0.4, -0.2) is 0 Å². The maximum absolute atomic E-state index is 14.8. The molecule has 0 heterocycles. The maximum atomic E-state index is 14.8. The summed E-state index contributed by atoms with van der Waals surface area (Å²) in [4.78, 5) is 0. The Balaban J connectivity index is 1.52. The number of halogens is 8. The molecule has 4 aromatic carbocycles. The molecule has 0 spiro atoms. The van der Waals surface area contributed by atoms with E-state index in [1.807, 2.05) is 18.1 Å². The van der Waals surface area contributed by atoms with Crippen LogP contribution in [0, 0.1) is 46.7 Å². The predicted octanol–water partition coefficient (Wildman–Crippen LogP) is 9.45. The monoisotopic (exact) mass is 574 g/mol. The molecule has 9 heteroatoms. The number of rotatable bonds is 8. The average molecular weight is 575 g/mol. The van der Waals surface area contributed by atoms with Gasteiger partial charge in [-0.1, -0.05) is 61.9 Å². The first-order valence-corrected chi connectivity index (χ1v) is 12.6. The van der Waals surface area contributed by atoms with Gasteiger partial charge in [0.25, 0.3) is 0 Å². The lowest BCUT2D eigenvalue weighted by Gasteiger charge is -2.19. The molecule has 0 fully saturated rings. The van der Waals surface area contributed by atoms with Gasteiger partial charge in [0, 0.05) is 17.7 Å². The van der Waals surface area contributed by atoms with Crippen LogP contribution in [0.4, 0.5) is 35.1 Å². The fourth-order valence-corrected chi connectivity index (χ4v) is 4.07. The zero-order chi connectivity index (χ0) is 29.7. The van der Waals surface area contributed by atoms with E-state index in [4.69, 9.17) is 0 Å². The zero-order valence-electron chi connectivity index (χ0n) is 21.6. The summed E-state index contributed by atoms with van der Waals surface area (Å²) in [5.41, 5.74) is -0.419. The number of aryl methyl sites for hydroxylation is 1. The first-order valence-electron chi connectivity index (χ1n) is 12.6. The van der Waals surface area contributed by atoms with Crippen LogP contribution in [0.2, 0.25) is 0 Å². The quantitative estimate of drug-likeness (QED) is 0.0882. The lowest BCUT2D eigenvalue weighted by molar-refractivity contribution is -0.187. The molecule has 0 aliphatic heterocycles. The highest BCUT2D eigenvalue weighted by Crippen LogP contribution is 2.36. The first-order chi connectivity index (χ1) is 19.5. The average Bonchev–Trinajstić information content (AvgIpc) is 2.91. The van der Waals surface area contributed by atoms with Gasteiger partial charge in [-0.25, -0.2) is 26.3 Å². The van der Waals surface area contributed by atoms with Crippen molar-refractivity contribution in [1.82, 2.24) is 0 Å². The van der Waals surface area contributed by atoms with Crippen molar-refractivity contribution in [3.8, 4) is 28.7 Å². The Morgan fingerprint density at radius 3 is 1.85 bits per heavy atom. The van der Waals surface area contributed by atoms with Gasteiger partial charge in [-0.2, -0.15) is 8.78 Å². The molecule has 0 unspecified atom stereocenters. The molecule has 4 aromatic rings. The van der Waals surface area contributed by atoms with Crippen LogP contribution in [0.5, 0.6) is 5.75 Å². The molecule has 41 heavy (non-hydrogen) atoms. The molecule has 0 atom stereocenters. The van der Waals surface area contributed by atoms with Gasteiger partial charge in [-0.3, -0.25) is 0 Å². The topological polar surface area (TPSA) is 9.23 Å². The molecule has 0 aromatic heterocycles. The van der Waals surface area contributed by atoms with E-state index >= 15 is 0 Å². The van der Waals surface area contributed by atoms with E-state index in [1.54, 1.807) is 12.1 Å². The van der Waals surface area contributed by atoms with Crippen molar-refractivity contribution >= 4 is 0 Å². The SMILES string of the molecule is CCCCCc1ccc(-c2ccc(C(F)(F)Oc3cc(F)c(C#Cc4cc(F)c(F)c(F)c4)c(F)c3)c(F)c2)cc1. The molecular formula is C32H22F8O. The van der Waals surface area contributed by atoms with E-state index < -0.39 is 63.5 Å². The third-order valence-electron chi connectivity index (χ3n) is 6.22. The third-order valence-corrected chi connectivity index (χ3v) is 6.22. The van der Waals surface area contributed by atoms with Gasteiger partial charge < -0.3 is 4.74 Å². The van der Waals surface area contributed by atoms with Crippen LogP contribution < -0.4 is 4.74 Å². The van der Waals surface area contributed by atoms with Crippen molar-refractivity contribution in [3.05, 3.63) is 124 Å². The molecule has 4 rings (SSSR count). The number of hydrogen-bond acceptors (Lipinski definition) is 1. The Bertz CT molecular complexity index is 1570. The van der Waals surface area contributed by atoms with Crippen LogP contribution in [0.1, 0.15) is 48.4 Å². The van der Waals surface area contributed by atoms with Crippen molar-refractivity contribution in [2.45, 2.75) is 38.7 Å². The second kappa shape index (κ2) is 12.5. The van der Waals surface area contributed by atoms with Gasteiger partial charge in [0.05, 0.1) is 11.1 Å². The smallest absolute Gasteiger partial charge is 0.429 e. The largest absolute Gasteiger partial charge is 0.429 e. The molecule has 0 saturated heterocycles. The van der Waals surface area contributed by atoms with Crippen molar-refractivity contribution < 1.29 is 39.9 Å². The molecule has 1 nitrogen and oxygen atoms in total. The van der Waals surface area contributed by atoms with Crippen molar-refractivity contribution in [1.29, 1.82) is 0 Å². The summed E-state index contributed by atoms with van der Waals surface area (Å²) < 4.78 is 118. The van der Waals surface area contributed by atoms with Gasteiger partial charge in [0.2, 0.25) is 0 Å². The number of ether oxygens (including phenoxy) is 1. The van der Waals surface area contributed by atoms with E-state index in [9.17, 15) is 35.1 Å². The highest BCUT2D eigenvalue weighted by Gasteiger charge is 2.38. The number of unbranched alkanes of at least 4 members (excludes halogenated alkanes) is 2. The number of benzene rings is 4. The van der Waals surface area contributed by atoms with E-state index in [0.717, 1.165) is 43.4 Å². The first kappa shape index (κ1) is 29.7.